The molecule has 0 N–H and O–H groups in total. The summed E-state index contributed by atoms with van der Waals surface area (Å²) in [5.41, 5.74) is 1.68. The van der Waals surface area contributed by atoms with E-state index in [4.69, 9.17) is 27.6 Å². The summed E-state index contributed by atoms with van der Waals surface area (Å²) in [6.07, 6.45) is 1.70. The maximum atomic E-state index is 9.12. The largest absolute Gasteiger partial charge is 0.354 e. The predicted octanol–water partition coefficient (Wildman–Crippen LogP) is 3.90. The number of para-hydroxylation sites is 1. The average molecular weight is 495 g/mol. The Morgan fingerprint density at radius 1 is 1.18 bits per heavy atom. The zero-order chi connectivity index (χ0) is 22.8. The Labute approximate surface area is 205 Å². The Balaban J connectivity index is 1.20. The molecule has 1 aliphatic heterocycles. The molecule has 168 valence electrons. The molecule has 3 aromatic heterocycles. The number of thioether (sulfide) groups is 1. The molecule has 1 aliphatic rings. The lowest BCUT2D eigenvalue weighted by Crippen LogP contribution is -2.47. The van der Waals surface area contributed by atoms with Crippen molar-refractivity contribution < 1.29 is 0 Å². The maximum Gasteiger partial charge on any atom is 0.198 e. The number of pyridine rings is 1. The van der Waals surface area contributed by atoms with E-state index in [1.165, 1.54) is 4.70 Å². The first-order valence-electron chi connectivity index (χ1n) is 10.6. The molecule has 11 heteroatoms. The standard InChI is InChI=1S/C22H22N8S3/c1-27-20(14-32-21-25-17-4-2-3-5-18(17)33-21)26-30(22(27)31)15-28-8-10-29(11-9-28)19-12-16(13-23)6-7-24-19/h2-7,12H,8-11,14-15H2,1H3. The summed E-state index contributed by atoms with van der Waals surface area (Å²) >= 11 is 9.06. The van der Waals surface area contributed by atoms with Crippen LogP contribution in [0.25, 0.3) is 10.2 Å². The smallest absolute Gasteiger partial charge is 0.198 e. The van der Waals surface area contributed by atoms with E-state index >= 15 is 0 Å². The molecular weight excluding hydrogens is 472 g/mol. The van der Waals surface area contributed by atoms with Gasteiger partial charge >= 0.3 is 0 Å². The Morgan fingerprint density at radius 2 is 2.00 bits per heavy atom. The number of benzene rings is 1. The second-order valence-electron chi connectivity index (χ2n) is 7.75. The molecule has 0 radical (unpaired) electrons. The van der Waals surface area contributed by atoms with Gasteiger partial charge in [0.25, 0.3) is 0 Å². The molecule has 4 heterocycles. The number of nitrogens with zero attached hydrogens (tertiary/aromatic N) is 8. The Morgan fingerprint density at radius 3 is 2.79 bits per heavy atom. The van der Waals surface area contributed by atoms with Crippen LogP contribution >= 0.6 is 35.3 Å². The molecule has 33 heavy (non-hydrogen) atoms. The fraction of sp³-hybridized carbons (Fsp3) is 0.318. The van der Waals surface area contributed by atoms with Crippen molar-refractivity contribution in [2.75, 3.05) is 31.1 Å². The fourth-order valence-corrected chi connectivity index (χ4v) is 6.01. The molecular formula is C22H22N8S3. The monoisotopic (exact) mass is 494 g/mol. The first-order chi connectivity index (χ1) is 16.1. The molecule has 1 aromatic carbocycles. The van der Waals surface area contributed by atoms with E-state index in [9.17, 15) is 0 Å². The van der Waals surface area contributed by atoms with Crippen molar-refractivity contribution in [1.82, 2.24) is 29.2 Å². The van der Waals surface area contributed by atoms with E-state index in [2.05, 4.69) is 26.9 Å². The van der Waals surface area contributed by atoms with Gasteiger partial charge in [-0.2, -0.15) is 10.4 Å². The van der Waals surface area contributed by atoms with Gasteiger partial charge in [-0.3, -0.25) is 4.90 Å². The van der Waals surface area contributed by atoms with E-state index in [1.54, 1.807) is 35.4 Å². The molecule has 1 saturated heterocycles. The molecule has 0 unspecified atom stereocenters. The zero-order valence-electron chi connectivity index (χ0n) is 18.1. The van der Waals surface area contributed by atoms with Gasteiger partial charge in [-0.1, -0.05) is 23.9 Å². The van der Waals surface area contributed by atoms with E-state index in [0.717, 1.165) is 58.2 Å². The Hall–Kier alpha value is -2.78. The molecule has 5 rings (SSSR count). The number of anilines is 1. The van der Waals surface area contributed by atoms with E-state index in [0.29, 0.717) is 12.2 Å². The second kappa shape index (κ2) is 9.61. The highest BCUT2D eigenvalue weighted by Crippen LogP contribution is 2.31. The first-order valence-corrected chi connectivity index (χ1v) is 12.8. The topological polar surface area (TPSA) is 78.8 Å². The summed E-state index contributed by atoms with van der Waals surface area (Å²) in [5, 5.41) is 13.9. The van der Waals surface area contributed by atoms with Gasteiger partial charge in [0, 0.05) is 39.4 Å². The minimum atomic E-state index is 0.637. The molecule has 8 nitrogen and oxygen atoms in total. The van der Waals surface area contributed by atoms with Crippen LogP contribution in [0.4, 0.5) is 5.82 Å². The van der Waals surface area contributed by atoms with Gasteiger partial charge in [-0.15, -0.1) is 11.3 Å². The first kappa shape index (κ1) is 22.0. The fourth-order valence-electron chi connectivity index (χ4n) is 3.76. The Kier molecular flexibility index (Phi) is 6.41. The maximum absolute atomic E-state index is 9.12. The summed E-state index contributed by atoms with van der Waals surface area (Å²) in [4.78, 5) is 13.7. The summed E-state index contributed by atoms with van der Waals surface area (Å²) in [6, 6.07) is 14.0. The SMILES string of the molecule is Cn1c(CSc2nc3ccccc3s2)nn(CN2CCN(c3cc(C#N)ccn3)CC2)c1=S. The number of piperazine rings is 1. The summed E-state index contributed by atoms with van der Waals surface area (Å²) < 4.78 is 6.87. The molecule has 1 fully saturated rings. The molecule has 0 aliphatic carbocycles. The predicted molar refractivity (Wildman–Crippen MR) is 134 cm³/mol. The highest BCUT2D eigenvalue weighted by Gasteiger charge is 2.20. The summed E-state index contributed by atoms with van der Waals surface area (Å²) in [6.45, 7) is 4.13. The van der Waals surface area contributed by atoms with Crippen molar-refractivity contribution in [2.24, 2.45) is 7.05 Å². The van der Waals surface area contributed by atoms with Crippen LogP contribution in [0.15, 0.2) is 46.9 Å². The molecule has 0 spiro atoms. The normalized spacial score (nSPS) is 14.6. The lowest BCUT2D eigenvalue weighted by Gasteiger charge is -2.35. The van der Waals surface area contributed by atoms with Gasteiger partial charge in [0.05, 0.1) is 34.3 Å². The quantitative estimate of drug-likeness (QED) is 0.295. The molecule has 0 atom stereocenters. The van der Waals surface area contributed by atoms with Crippen LogP contribution in [-0.4, -0.2) is 55.4 Å². The third kappa shape index (κ3) is 4.79. The van der Waals surface area contributed by atoms with Gasteiger partial charge in [0.2, 0.25) is 0 Å². The second-order valence-corrected chi connectivity index (χ2v) is 10.4. The van der Waals surface area contributed by atoms with Crippen LogP contribution in [0, 0.1) is 16.1 Å². The zero-order valence-corrected chi connectivity index (χ0v) is 20.5. The molecule has 0 saturated carbocycles. The van der Waals surface area contributed by atoms with Crippen LogP contribution in [0.2, 0.25) is 0 Å². The number of nitriles is 1. The molecule has 0 amide bonds. The van der Waals surface area contributed by atoms with Crippen molar-refractivity contribution >= 4 is 51.4 Å². The van der Waals surface area contributed by atoms with Crippen LogP contribution in [0.3, 0.4) is 0 Å². The summed E-state index contributed by atoms with van der Waals surface area (Å²) in [7, 11) is 1.98. The molecule has 0 bridgehead atoms. The van der Waals surface area contributed by atoms with Crippen molar-refractivity contribution in [2.45, 2.75) is 16.8 Å². The van der Waals surface area contributed by atoms with E-state index < -0.39 is 0 Å². The minimum Gasteiger partial charge on any atom is -0.354 e. The number of thiazole rings is 1. The van der Waals surface area contributed by atoms with E-state index in [1.807, 2.05) is 40.6 Å². The minimum absolute atomic E-state index is 0.637. The Bertz CT molecular complexity index is 1340. The van der Waals surface area contributed by atoms with Crippen LogP contribution in [0.5, 0.6) is 0 Å². The van der Waals surface area contributed by atoms with Crippen molar-refractivity contribution in [1.29, 1.82) is 5.26 Å². The highest BCUT2D eigenvalue weighted by molar-refractivity contribution is 8.00. The number of hydrogen-bond donors (Lipinski definition) is 0. The number of hydrogen-bond acceptors (Lipinski definition) is 9. The van der Waals surface area contributed by atoms with Crippen molar-refractivity contribution in [3.05, 3.63) is 58.8 Å². The average Bonchev–Trinajstić information content (AvgIpc) is 3.39. The van der Waals surface area contributed by atoms with Gasteiger partial charge in [-0.25, -0.2) is 14.6 Å². The van der Waals surface area contributed by atoms with E-state index in [-0.39, 0.29) is 0 Å². The number of rotatable bonds is 6. The van der Waals surface area contributed by atoms with Crippen LogP contribution in [0.1, 0.15) is 11.4 Å². The lowest BCUT2D eigenvalue weighted by molar-refractivity contribution is 0.193. The van der Waals surface area contributed by atoms with Crippen LogP contribution < -0.4 is 4.90 Å². The highest BCUT2D eigenvalue weighted by atomic mass is 32.2. The third-order valence-corrected chi connectivity index (χ3v) is 8.29. The lowest BCUT2D eigenvalue weighted by atomic mass is 10.2. The van der Waals surface area contributed by atoms with Gasteiger partial charge in [0.15, 0.2) is 9.11 Å². The van der Waals surface area contributed by atoms with Gasteiger partial charge in [0.1, 0.15) is 11.6 Å². The van der Waals surface area contributed by atoms with Crippen molar-refractivity contribution in [3.8, 4) is 6.07 Å². The molecule has 4 aromatic rings. The number of aromatic nitrogens is 5. The summed E-state index contributed by atoms with van der Waals surface area (Å²) in [5.74, 6) is 2.53. The van der Waals surface area contributed by atoms with Crippen molar-refractivity contribution in [3.63, 3.8) is 0 Å². The number of fused-ring (bicyclic) bond motifs is 1. The van der Waals surface area contributed by atoms with Gasteiger partial charge < -0.3 is 9.47 Å². The van der Waals surface area contributed by atoms with Crippen LogP contribution in [-0.2, 0) is 19.5 Å². The van der Waals surface area contributed by atoms with Gasteiger partial charge in [-0.05, 0) is 36.5 Å². The third-order valence-electron chi connectivity index (χ3n) is 5.63.